The Morgan fingerprint density at radius 1 is 1.16 bits per heavy atom. The van der Waals surface area contributed by atoms with Crippen LogP contribution in [-0.4, -0.2) is 33.8 Å². The number of methoxy groups -OCH3 is 2. The summed E-state index contributed by atoms with van der Waals surface area (Å²) >= 11 is 6.03. The van der Waals surface area contributed by atoms with Crippen molar-refractivity contribution in [2.24, 2.45) is 4.99 Å². The SMILES string of the molecule is CN=C(NCCc1c(F)cccc1Cl)Nc1ccc(OC)c(OC)c1. The van der Waals surface area contributed by atoms with E-state index < -0.39 is 0 Å². The molecule has 0 fully saturated rings. The summed E-state index contributed by atoms with van der Waals surface area (Å²) in [5.41, 5.74) is 1.27. The number of nitrogens with one attached hydrogen (secondary N) is 2. The van der Waals surface area contributed by atoms with Gasteiger partial charge in [0.2, 0.25) is 0 Å². The first kappa shape index (κ1) is 18.9. The molecule has 0 aromatic heterocycles. The third-order valence-electron chi connectivity index (χ3n) is 3.60. The Kier molecular flexibility index (Phi) is 6.89. The van der Waals surface area contributed by atoms with Crippen molar-refractivity contribution in [3.63, 3.8) is 0 Å². The molecule has 0 atom stereocenters. The van der Waals surface area contributed by atoms with Crippen LogP contribution in [-0.2, 0) is 6.42 Å². The van der Waals surface area contributed by atoms with E-state index in [0.29, 0.717) is 41.0 Å². The Labute approximate surface area is 151 Å². The number of halogens is 2. The zero-order valence-corrected chi connectivity index (χ0v) is 15.2. The molecule has 0 spiro atoms. The summed E-state index contributed by atoms with van der Waals surface area (Å²) in [6.07, 6.45) is 0.443. The minimum absolute atomic E-state index is 0.308. The molecular weight excluding hydrogens is 345 g/mol. The van der Waals surface area contributed by atoms with Gasteiger partial charge >= 0.3 is 0 Å². The fourth-order valence-electron chi connectivity index (χ4n) is 2.31. The van der Waals surface area contributed by atoms with E-state index in [2.05, 4.69) is 15.6 Å². The Balaban J connectivity index is 1.97. The van der Waals surface area contributed by atoms with Crippen LogP contribution in [0.15, 0.2) is 41.4 Å². The fourth-order valence-corrected chi connectivity index (χ4v) is 2.56. The van der Waals surface area contributed by atoms with Crippen molar-refractivity contribution in [1.29, 1.82) is 0 Å². The lowest BCUT2D eigenvalue weighted by molar-refractivity contribution is 0.355. The number of benzene rings is 2. The number of guanidine groups is 1. The van der Waals surface area contributed by atoms with Crippen LogP contribution in [0.4, 0.5) is 10.1 Å². The monoisotopic (exact) mass is 365 g/mol. The largest absolute Gasteiger partial charge is 0.493 e. The Bertz CT molecular complexity index is 733. The van der Waals surface area contributed by atoms with Crippen LogP contribution < -0.4 is 20.1 Å². The highest BCUT2D eigenvalue weighted by Crippen LogP contribution is 2.29. The summed E-state index contributed by atoms with van der Waals surface area (Å²) in [5, 5.41) is 6.70. The molecule has 0 aliphatic carbocycles. The van der Waals surface area contributed by atoms with Gasteiger partial charge in [0.25, 0.3) is 0 Å². The summed E-state index contributed by atoms with van der Waals surface area (Å²) < 4.78 is 24.3. The molecule has 0 saturated heterocycles. The van der Waals surface area contributed by atoms with E-state index in [4.69, 9.17) is 21.1 Å². The lowest BCUT2D eigenvalue weighted by atomic mass is 10.1. The second-order valence-corrected chi connectivity index (χ2v) is 5.55. The highest BCUT2D eigenvalue weighted by atomic mass is 35.5. The quantitative estimate of drug-likeness (QED) is 0.605. The summed E-state index contributed by atoms with van der Waals surface area (Å²) in [4.78, 5) is 4.15. The van der Waals surface area contributed by atoms with Gasteiger partial charge in [0.05, 0.1) is 14.2 Å². The van der Waals surface area contributed by atoms with Crippen LogP contribution in [0.5, 0.6) is 11.5 Å². The van der Waals surface area contributed by atoms with Crippen LogP contribution in [0.2, 0.25) is 5.02 Å². The van der Waals surface area contributed by atoms with Crippen molar-refractivity contribution in [3.8, 4) is 11.5 Å². The first-order chi connectivity index (χ1) is 12.1. The van der Waals surface area contributed by atoms with Crippen LogP contribution in [0.25, 0.3) is 0 Å². The standard InChI is InChI=1S/C18H21ClFN3O2/c1-21-18(22-10-9-13-14(19)5-4-6-15(13)20)23-12-7-8-16(24-2)17(11-12)25-3/h4-8,11H,9-10H2,1-3H3,(H2,21,22,23). The number of hydrogen-bond donors (Lipinski definition) is 2. The molecule has 0 bridgehead atoms. The fraction of sp³-hybridized carbons (Fsp3) is 0.278. The van der Waals surface area contributed by atoms with Crippen molar-refractivity contribution in [3.05, 3.63) is 52.8 Å². The number of anilines is 1. The molecule has 2 aromatic carbocycles. The summed E-state index contributed by atoms with van der Waals surface area (Å²) in [6.45, 7) is 0.480. The average Bonchev–Trinajstić information content (AvgIpc) is 2.62. The molecule has 0 aliphatic heterocycles. The molecule has 2 rings (SSSR count). The molecule has 0 saturated carbocycles. The van der Waals surface area contributed by atoms with Crippen LogP contribution in [0.3, 0.4) is 0 Å². The maximum absolute atomic E-state index is 13.8. The molecule has 7 heteroatoms. The van der Waals surface area contributed by atoms with Crippen molar-refractivity contribution < 1.29 is 13.9 Å². The molecule has 0 radical (unpaired) electrons. The second-order valence-electron chi connectivity index (χ2n) is 5.14. The number of rotatable bonds is 6. The normalized spacial score (nSPS) is 11.2. The number of aliphatic imine (C=N–C) groups is 1. The summed E-state index contributed by atoms with van der Waals surface area (Å²) in [7, 11) is 4.82. The smallest absolute Gasteiger partial charge is 0.195 e. The zero-order valence-electron chi connectivity index (χ0n) is 14.4. The van der Waals surface area contributed by atoms with Gasteiger partial charge in [-0.2, -0.15) is 0 Å². The lowest BCUT2D eigenvalue weighted by Crippen LogP contribution is -2.32. The Morgan fingerprint density at radius 3 is 2.56 bits per heavy atom. The molecule has 0 amide bonds. The highest BCUT2D eigenvalue weighted by Gasteiger charge is 2.08. The molecule has 25 heavy (non-hydrogen) atoms. The molecular formula is C18H21ClFN3O2. The van der Waals surface area contributed by atoms with Crippen molar-refractivity contribution >= 4 is 23.2 Å². The van der Waals surface area contributed by atoms with Gasteiger partial charge in [-0.05, 0) is 30.7 Å². The van der Waals surface area contributed by atoms with Crippen molar-refractivity contribution in [2.75, 3.05) is 33.1 Å². The molecule has 134 valence electrons. The topological polar surface area (TPSA) is 54.9 Å². The van der Waals surface area contributed by atoms with Gasteiger partial charge < -0.3 is 20.1 Å². The minimum Gasteiger partial charge on any atom is -0.493 e. The predicted molar refractivity (Wildman–Crippen MR) is 99.6 cm³/mol. The van der Waals surface area contributed by atoms with Gasteiger partial charge in [-0.3, -0.25) is 4.99 Å². The van der Waals surface area contributed by atoms with E-state index in [0.717, 1.165) is 5.69 Å². The van der Waals surface area contributed by atoms with Gasteiger partial charge in [0, 0.05) is 35.9 Å². The number of nitrogens with zero attached hydrogens (tertiary/aromatic N) is 1. The third kappa shape index (κ3) is 5.00. The van der Waals surface area contributed by atoms with E-state index >= 15 is 0 Å². The maximum atomic E-state index is 13.8. The summed E-state index contributed by atoms with van der Waals surface area (Å²) in [5.74, 6) is 1.50. The third-order valence-corrected chi connectivity index (χ3v) is 3.95. The lowest BCUT2D eigenvalue weighted by Gasteiger charge is -2.14. The van der Waals surface area contributed by atoms with Gasteiger partial charge in [-0.25, -0.2) is 4.39 Å². The van der Waals surface area contributed by atoms with Crippen molar-refractivity contribution in [2.45, 2.75) is 6.42 Å². The maximum Gasteiger partial charge on any atom is 0.195 e. The summed E-state index contributed by atoms with van der Waals surface area (Å²) in [6, 6.07) is 10.1. The van der Waals surface area contributed by atoms with E-state index in [-0.39, 0.29) is 5.82 Å². The van der Waals surface area contributed by atoms with E-state index in [1.54, 1.807) is 45.5 Å². The second kappa shape index (κ2) is 9.13. The molecule has 0 aliphatic rings. The number of ether oxygens (including phenoxy) is 2. The van der Waals surface area contributed by atoms with Crippen LogP contribution >= 0.6 is 11.6 Å². The first-order valence-electron chi connectivity index (χ1n) is 7.71. The van der Waals surface area contributed by atoms with Gasteiger partial charge in [0.1, 0.15) is 5.82 Å². The zero-order chi connectivity index (χ0) is 18.2. The van der Waals surface area contributed by atoms with E-state index in [1.165, 1.54) is 6.07 Å². The Hall–Kier alpha value is -2.47. The van der Waals surface area contributed by atoms with Crippen LogP contribution in [0, 0.1) is 5.82 Å². The minimum atomic E-state index is -0.308. The average molecular weight is 366 g/mol. The van der Waals surface area contributed by atoms with E-state index in [1.807, 2.05) is 6.07 Å². The number of hydrogen-bond acceptors (Lipinski definition) is 3. The van der Waals surface area contributed by atoms with Crippen molar-refractivity contribution in [1.82, 2.24) is 5.32 Å². The first-order valence-corrected chi connectivity index (χ1v) is 8.09. The predicted octanol–water partition coefficient (Wildman–Crippen LogP) is 3.73. The van der Waals surface area contributed by atoms with Gasteiger partial charge in [0.15, 0.2) is 17.5 Å². The molecule has 0 unspecified atom stereocenters. The van der Waals surface area contributed by atoms with Gasteiger partial charge in [-0.15, -0.1) is 0 Å². The van der Waals surface area contributed by atoms with Crippen LogP contribution in [0.1, 0.15) is 5.56 Å². The van der Waals surface area contributed by atoms with Gasteiger partial charge in [-0.1, -0.05) is 17.7 Å². The highest BCUT2D eigenvalue weighted by molar-refractivity contribution is 6.31. The molecule has 2 N–H and O–H groups in total. The molecule has 0 heterocycles. The molecule has 2 aromatic rings. The Morgan fingerprint density at radius 2 is 1.92 bits per heavy atom. The molecule has 5 nitrogen and oxygen atoms in total. The van der Waals surface area contributed by atoms with E-state index in [9.17, 15) is 4.39 Å².